The summed E-state index contributed by atoms with van der Waals surface area (Å²) in [4.78, 5) is 30.2. The van der Waals surface area contributed by atoms with E-state index in [0.717, 1.165) is 63.5 Å². The van der Waals surface area contributed by atoms with Crippen LogP contribution in [-0.2, 0) is 9.78 Å². The van der Waals surface area contributed by atoms with Crippen LogP contribution in [0.15, 0.2) is 18.2 Å². The highest BCUT2D eigenvalue weighted by Crippen LogP contribution is 2.28. The van der Waals surface area contributed by atoms with Gasteiger partial charge < -0.3 is 20.0 Å². The van der Waals surface area contributed by atoms with Gasteiger partial charge >= 0.3 is 5.97 Å². The van der Waals surface area contributed by atoms with Crippen LogP contribution < -0.4 is 10.2 Å². The first kappa shape index (κ1) is 21.9. The van der Waals surface area contributed by atoms with Gasteiger partial charge in [0, 0.05) is 37.9 Å². The van der Waals surface area contributed by atoms with E-state index >= 15 is 0 Å². The highest BCUT2D eigenvalue weighted by atomic mass is 17.2. The third kappa shape index (κ3) is 6.32. The molecule has 7 heteroatoms. The molecule has 0 aliphatic carbocycles. The van der Waals surface area contributed by atoms with Crippen molar-refractivity contribution in [1.29, 1.82) is 0 Å². The van der Waals surface area contributed by atoms with E-state index in [1.807, 2.05) is 32.9 Å². The van der Waals surface area contributed by atoms with Crippen molar-refractivity contribution in [2.45, 2.75) is 45.3 Å². The van der Waals surface area contributed by atoms with E-state index in [0.29, 0.717) is 11.6 Å². The lowest BCUT2D eigenvalue weighted by molar-refractivity contribution is -0.301. The van der Waals surface area contributed by atoms with E-state index in [2.05, 4.69) is 40.2 Å². The molecule has 0 unspecified atom stereocenters. The number of piperidine rings is 1. The lowest BCUT2D eigenvalue weighted by Crippen LogP contribution is -2.44. The van der Waals surface area contributed by atoms with E-state index in [1.165, 1.54) is 0 Å². The van der Waals surface area contributed by atoms with Gasteiger partial charge in [0.2, 0.25) is 0 Å². The fraction of sp³-hybridized carbons (Fsp3) is 0.682. The first-order chi connectivity index (χ1) is 13.7. The zero-order chi connectivity index (χ0) is 21.0. The number of likely N-dealkylation sites (N-methyl/N-ethyl adjacent to an activating group) is 1. The first-order valence-electron chi connectivity index (χ1n) is 10.6. The Hall–Kier alpha value is -1.83. The zero-order valence-corrected chi connectivity index (χ0v) is 18.5. The third-order valence-corrected chi connectivity index (χ3v) is 5.54. The van der Waals surface area contributed by atoms with Gasteiger partial charge in [-0.1, -0.05) is 0 Å². The van der Waals surface area contributed by atoms with Gasteiger partial charge in [-0.3, -0.25) is 4.89 Å². The number of carbonyl (C=O) groups excluding carboxylic acids is 1. The van der Waals surface area contributed by atoms with Crippen molar-refractivity contribution in [3.8, 4) is 0 Å². The molecule has 2 aliphatic rings. The number of hydrogen-bond acceptors (Lipinski definition) is 7. The van der Waals surface area contributed by atoms with Gasteiger partial charge in [-0.15, -0.1) is 0 Å². The molecule has 2 heterocycles. The number of benzene rings is 1. The van der Waals surface area contributed by atoms with Crippen LogP contribution in [0.25, 0.3) is 0 Å². The van der Waals surface area contributed by atoms with Gasteiger partial charge in [0.15, 0.2) is 0 Å². The molecule has 3 rings (SSSR count). The molecule has 0 spiro atoms. The molecule has 2 fully saturated rings. The van der Waals surface area contributed by atoms with E-state index < -0.39 is 11.6 Å². The molecule has 0 bridgehead atoms. The molecule has 7 nitrogen and oxygen atoms in total. The van der Waals surface area contributed by atoms with Crippen molar-refractivity contribution in [2.24, 2.45) is 0 Å². The summed E-state index contributed by atoms with van der Waals surface area (Å²) in [6, 6.07) is 6.32. The molecule has 1 N–H and O–H groups in total. The number of nitrogens with zero attached hydrogens (tertiary/aromatic N) is 3. The SMILES string of the molecule is CN1CCC(Nc2cc(N3CCN(C)CC3)ccc2C(=O)OOC(C)(C)C)CC1. The second kappa shape index (κ2) is 9.32. The average Bonchev–Trinajstić information content (AvgIpc) is 2.68. The summed E-state index contributed by atoms with van der Waals surface area (Å²) < 4.78 is 0. The Morgan fingerprint density at radius 3 is 2.24 bits per heavy atom. The molecule has 2 saturated heterocycles. The summed E-state index contributed by atoms with van der Waals surface area (Å²) >= 11 is 0. The van der Waals surface area contributed by atoms with Crippen molar-refractivity contribution in [1.82, 2.24) is 9.80 Å². The summed E-state index contributed by atoms with van der Waals surface area (Å²) in [6.45, 7) is 11.7. The van der Waals surface area contributed by atoms with Gasteiger partial charge in [-0.25, -0.2) is 4.79 Å². The molecular weight excluding hydrogens is 368 g/mol. The molecule has 162 valence electrons. The number of carbonyl (C=O) groups is 1. The molecule has 0 aromatic heterocycles. The molecule has 0 amide bonds. The molecular formula is C22H36N4O3. The molecule has 0 radical (unpaired) electrons. The second-order valence-corrected chi connectivity index (χ2v) is 9.31. The Morgan fingerprint density at radius 1 is 1.00 bits per heavy atom. The maximum Gasteiger partial charge on any atom is 0.375 e. The topological polar surface area (TPSA) is 57.3 Å². The lowest BCUT2D eigenvalue weighted by atomic mass is 10.0. The minimum Gasteiger partial charge on any atom is -0.381 e. The van der Waals surface area contributed by atoms with E-state index in [1.54, 1.807) is 0 Å². The molecule has 1 aromatic rings. The van der Waals surface area contributed by atoms with Crippen LogP contribution in [0, 0.1) is 0 Å². The number of piperazine rings is 1. The lowest BCUT2D eigenvalue weighted by Gasteiger charge is -2.35. The number of rotatable bonds is 5. The normalized spacial score (nSPS) is 20.0. The minimum atomic E-state index is -0.545. The molecule has 2 aliphatic heterocycles. The summed E-state index contributed by atoms with van der Waals surface area (Å²) in [5.41, 5.74) is 1.95. The van der Waals surface area contributed by atoms with E-state index in [-0.39, 0.29) is 0 Å². The monoisotopic (exact) mass is 404 g/mol. The van der Waals surface area contributed by atoms with E-state index in [4.69, 9.17) is 9.78 Å². The Kier molecular flexibility index (Phi) is 7.03. The summed E-state index contributed by atoms with van der Waals surface area (Å²) in [5.74, 6) is -0.458. The fourth-order valence-electron chi connectivity index (χ4n) is 3.67. The van der Waals surface area contributed by atoms with Crippen LogP contribution in [0.3, 0.4) is 0 Å². The molecule has 0 saturated carbocycles. The minimum absolute atomic E-state index is 0.351. The van der Waals surface area contributed by atoms with Crippen molar-refractivity contribution in [2.75, 3.05) is 63.6 Å². The maximum atomic E-state index is 12.7. The predicted octanol–water partition coefficient (Wildman–Crippen LogP) is 2.83. The van der Waals surface area contributed by atoms with E-state index in [9.17, 15) is 4.79 Å². The van der Waals surface area contributed by atoms with Crippen molar-refractivity contribution < 1.29 is 14.6 Å². The Morgan fingerprint density at radius 2 is 1.62 bits per heavy atom. The first-order valence-corrected chi connectivity index (χ1v) is 10.6. The zero-order valence-electron chi connectivity index (χ0n) is 18.5. The van der Waals surface area contributed by atoms with Gasteiger partial charge in [0.05, 0.1) is 11.3 Å². The van der Waals surface area contributed by atoms with Crippen LogP contribution in [0.5, 0.6) is 0 Å². The predicted molar refractivity (Wildman–Crippen MR) is 117 cm³/mol. The fourth-order valence-corrected chi connectivity index (χ4v) is 3.67. The summed E-state index contributed by atoms with van der Waals surface area (Å²) in [6.07, 6.45) is 2.12. The van der Waals surface area contributed by atoms with Gasteiger partial charge in [0.25, 0.3) is 0 Å². The van der Waals surface area contributed by atoms with Crippen molar-refractivity contribution in [3.05, 3.63) is 23.8 Å². The van der Waals surface area contributed by atoms with Crippen molar-refractivity contribution in [3.63, 3.8) is 0 Å². The van der Waals surface area contributed by atoms with Crippen LogP contribution >= 0.6 is 0 Å². The number of nitrogens with one attached hydrogen (secondary N) is 1. The number of likely N-dealkylation sites (tertiary alicyclic amines) is 1. The van der Waals surface area contributed by atoms with Crippen LogP contribution in [0.4, 0.5) is 11.4 Å². The molecule has 29 heavy (non-hydrogen) atoms. The van der Waals surface area contributed by atoms with Gasteiger partial charge in [-0.2, -0.15) is 4.89 Å². The third-order valence-electron chi connectivity index (χ3n) is 5.54. The smallest absolute Gasteiger partial charge is 0.375 e. The highest BCUT2D eigenvalue weighted by Gasteiger charge is 2.24. The van der Waals surface area contributed by atoms with Gasteiger partial charge in [-0.05, 0) is 79.0 Å². The van der Waals surface area contributed by atoms with Crippen LogP contribution in [0.1, 0.15) is 44.0 Å². The number of hydrogen-bond donors (Lipinski definition) is 1. The van der Waals surface area contributed by atoms with Gasteiger partial charge in [0.1, 0.15) is 5.60 Å². The Bertz CT molecular complexity index is 688. The summed E-state index contributed by atoms with van der Waals surface area (Å²) in [5, 5.41) is 3.62. The average molecular weight is 405 g/mol. The van der Waals surface area contributed by atoms with Crippen LogP contribution in [-0.4, -0.2) is 80.8 Å². The quantitative estimate of drug-likeness (QED) is 0.598. The Balaban J connectivity index is 1.79. The second-order valence-electron chi connectivity index (χ2n) is 9.31. The Labute approximate surface area is 174 Å². The van der Waals surface area contributed by atoms with Crippen molar-refractivity contribution >= 4 is 17.3 Å². The molecule has 1 aromatic carbocycles. The number of anilines is 2. The standard InChI is InChI=1S/C22H36N4O3/c1-22(2,3)29-28-21(27)19-7-6-18(26-14-12-25(5)13-15-26)16-20(19)23-17-8-10-24(4)11-9-17/h6-7,16-17,23H,8-15H2,1-5H3. The molecule has 0 atom stereocenters. The van der Waals surface area contributed by atoms with Crippen LogP contribution in [0.2, 0.25) is 0 Å². The highest BCUT2D eigenvalue weighted by molar-refractivity contribution is 5.96. The largest absolute Gasteiger partial charge is 0.381 e. The maximum absolute atomic E-state index is 12.7. The summed E-state index contributed by atoms with van der Waals surface area (Å²) in [7, 11) is 4.30.